The van der Waals surface area contributed by atoms with Crippen LogP contribution in [-0.2, 0) is 0 Å². The number of hydrogen-bond donors (Lipinski definition) is 2. The number of benzene rings is 2. The molecule has 3 heterocycles. The predicted molar refractivity (Wildman–Crippen MR) is 143 cm³/mol. The van der Waals surface area contributed by atoms with Gasteiger partial charge in [-0.3, -0.25) is 4.90 Å². The van der Waals surface area contributed by atoms with Gasteiger partial charge < -0.3 is 20.1 Å². The van der Waals surface area contributed by atoms with E-state index in [9.17, 15) is 0 Å². The normalized spacial score (nSPS) is 20.9. The van der Waals surface area contributed by atoms with Crippen molar-refractivity contribution in [1.82, 2.24) is 20.1 Å². The van der Waals surface area contributed by atoms with E-state index in [2.05, 4.69) is 79.6 Å². The molecule has 3 aromatic rings. The van der Waals surface area contributed by atoms with Crippen LogP contribution < -0.4 is 10.2 Å². The van der Waals surface area contributed by atoms with Crippen LogP contribution in [0.5, 0.6) is 0 Å². The van der Waals surface area contributed by atoms with Crippen LogP contribution in [0.2, 0.25) is 0 Å². The van der Waals surface area contributed by atoms with Gasteiger partial charge in [-0.25, -0.2) is 0 Å². The van der Waals surface area contributed by atoms with Gasteiger partial charge >= 0.3 is 0 Å². The number of fused-ring (bicyclic) bond motifs is 1. The van der Waals surface area contributed by atoms with Crippen LogP contribution in [0.4, 0.5) is 5.69 Å². The number of para-hydroxylation sites is 1. The highest BCUT2D eigenvalue weighted by Gasteiger charge is 2.26. The molecule has 0 spiro atoms. The second-order valence-electron chi connectivity index (χ2n) is 10.6. The van der Waals surface area contributed by atoms with Crippen molar-refractivity contribution < 1.29 is 0 Å². The molecule has 5 heteroatoms. The first-order valence-electron chi connectivity index (χ1n) is 13.4. The highest BCUT2D eigenvalue weighted by molar-refractivity contribution is 5.86. The summed E-state index contributed by atoms with van der Waals surface area (Å²) in [6.07, 6.45) is 5.40. The van der Waals surface area contributed by atoms with E-state index < -0.39 is 0 Å². The fourth-order valence-corrected chi connectivity index (χ4v) is 5.73. The number of nitrogens with zero attached hydrogens (tertiary/aromatic N) is 3. The summed E-state index contributed by atoms with van der Waals surface area (Å²) in [4.78, 5) is 11.5. The third kappa shape index (κ3) is 5.32. The lowest BCUT2D eigenvalue weighted by Gasteiger charge is -2.36. The summed E-state index contributed by atoms with van der Waals surface area (Å²) in [5, 5.41) is 5.13. The summed E-state index contributed by atoms with van der Waals surface area (Å²) in [5.41, 5.74) is 5.02. The van der Waals surface area contributed by atoms with E-state index in [1.165, 1.54) is 92.8 Å². The zero-order valence-electron chi connectivity index (χ0n) is 20.4. The Labute approximate surface area is 204 Å². The van der Waals surface area contributed by atoms with Crippen molar-refractivity contribution in [2.45, 2.75) is 31.7 Å². The minimum atomic E-state index is 0.657. The van der Waals surface area contributed by atoms with Crippen LogP contribution in [0.1, 0.15) is 25.7 Å². The van der Waals surface area contributed by atoms with Gasteiger partial charge in [-0.2, -0.15) is 0 Å². The monoisotopic (exact) mass is 457 g/mol. The van der Waals surface area contributed by atoms with Gasteiger partial charge in [0.1, 0.15) is 0 Å². The van der Waals surface area contributed by atoms with Gasteiger partial charge in [0.15, 0.2) is 0 Å². The number of H-pyrrole nitrogens is 1. The Morgan fingerprint density at radius 3 is 2.38 bits per heavy atom. The standard InChI is InChI=1S/C29H39N5/c1-2-7-28-25(4-1)21-29(31-28)24-5-3-6-27(20-24)34-13-10-26(11-14-34)30-12-15-32-16-18-33(19-17-32)22-23-8-9-23/h1-7,20-21,23,26,30-31H,8-19,22H2. The molecule has 1 aliphatic carbocycles. The zero-order valence-corrected chi connectivity index (χ0v) is 20.4. The molecular weight excluding hydrogens is 418 g/mol. The number of hydrogen-bond acceptors (Lipinski definition) is 4. The number of anilines is 1. The number of nitrogens with one attached hydrogen (secondary N) is 2. The van der Waals surface area contributed by atoms with Crippen LogP contribution in [0, 0.1) is 5.92 Å². The average Bonchev–Trinajstić information content (AvgIpc) is 3.59. The maximum absolute atomic E-state index is 3.86. The molecule has 0 amide bonds. The lowest BCUT2D eigenvalue weighted by atomic mass is 10.0. The molecule has 2 aliphatic heterocycles. The molecule has 1 saturated carbocycles. The molecule has 0 unspecified atom stereocenters. The molecule has 34 heavy (non-hydrogen) atoms. The van der Waals surface area contributed by atoms with Crippen molar-refractivity contribution in [3.05, 3.63) is 54.6 Å². The van der Waals surface area contributed by atoms with Crippen LogP contribution in [-0.4, -0.2) is 79.7 Å². The molecule has 5 nitrogen and oxygen atoms in total. The van der Waals surface area contributed by atoms with Crippen molar-refractivity contribution in [2.24, 2.45) is 5.92 Å². The molecule has 6 rings (SSSR count). The summed E-state index contributed by atoms with van der Waals surface area (Å²) in [6.45, 7) is 11.0. The quantitative estimate of drug-likeness (QED) is 0.525. The Kier molecular flexibility index (Phi) is 6.58. The number of aromatic amines is 1. The topological polar surface area (TPSA) is 37.5 Å². The Morgan fingerprint density at radius 1 is 0.794 bits per heavy atom. The minimum absolute atomic E-state index is 0.657. The Balaban J connectivity index is 0.956. The first kappa shape index (κ1) is 22.1. The van der Waals surface area contributed by atoms with E-state index >= 15 is 0 Å². The van der Waals surface area contributed by atoms with Crippen molar-refractivity contribution in [1.29, 1.82) is 0 Å². The largest absolute Gasteiger partial charge is 0.371 e. The van der Waals surface area contributed by atoms with E-state index in [1.54, 1.807) is 0 Å². The molecule has 0 atom stereocenters. The number of aromatic nitrogens is 1. The highest BCUT2D eigenvalue weighted by atomic mass is 15.3. The Bertz CT molecular complexity index is 1040. The van der Waals surface area contributed by atoms with Gasteiger partial charge in [0.25, 0.3) is 0 Å². The fraction of sp³-hybridized carbons (Fsp3) is 0.517. The fourth-order valence-electron chi connectivity index (χ4n) is 5.73. The molecule has 2 saturated heterocycles. The van der Waals surface area contributed by atoms with Crippen LogP contribution in [0.3, 0.4) is 0 Å². The molecule has 0 radical (unpaired) electrons. The van der Waals surface area contributed by atoms with Crippen molar-refractivity contribution in [3.63, 3.8) is 0 Å². The van der Waals surface area contributed by atoms with Gasteiger partial charge in [-0.05, 0) is 61.4 Å². The summed E-state index contributed by atoms with van der Waals surface area (Å²) in [6, 6.07) is 20.5. The minimum Gasteiger partial charge on any atom is -0.371 e. The number of piperazine rings is 1. The van der Waals surface area contributed by atoms with Crippen molar-refractivity contribution >= 4 is 16.6 Å². The molecule has 0 bridgehead atoms. The SMILES string of the molecule is c1cc(-c2cc3ccccc3[nH]2)cc(N2CCC(NCCN3CCN(CC4CC4)CC3)CC2)c1. The summed E-state index contributed by atoms with van der Waals surface area (Å²) in [7, 11) is 0. The Morgan fingerprint density at radius 2 is 1.59 bits per heavy atom. The third-order valence-electron chi connectivity index (χ3n) is 8.09. The smallest absolute Gasteiger partial charge is 0.0465 e. The third-order valence-corrected chi connectivity index (χ3v) is 8.09. The molecular formula is C29H39N5. The van der Waals surface area contributed by atoms with Crippen molar-refractivity contribution in [2.75, 3.05) is 63.8 Å². The maximum Gasteiger partial charge on any atom is 0.0465 e. The first-order chi connectivity index (χ1) is 16.8. The first-order valence-corrected chi connectivity index (χ1v) is 13.4. The Hall–Kier alpha value is -2.34. The van der Waals surface area contributed by atoms with E-state index in [0.717, 1.165) is 25.6 Å². The van der Waals surface area contributed by atoms with E-state index in [0.29, 0.717) is 6.04 Å². The summed E-state index contributed by atoms with van der Waals surface area (Å²) < 4.78 is 0. The van der Waals surface area contributed by atoms with Gasteiger partial charge in [0.05, 0.1) is 0 Å². The van der Waals surface area contributed by atoms with Crippen LogP contribution in [0.15, 0.2) is 54.6 Å². The second-order valence-corrected chi connectivity index (χ2v) is 10.6. The van der Waals surface area contributed by atoms with Crippen LogP contribution in [0.25, 0.3) is 22.2 Å². The van der Waals surface area contributed by atoms with Gasteiger partial charge in [0.2, 0.25) is 0 Å². The zero-order chi connectivity index (χ0) is 22.7. The lowest BCUT2D eigenvalue weighted by molar-refractivity contribution is 0.128. The second kappa shape index (κ2) is 10.1. The highest BCUT2D eigenvalue weighted by Crippen LogP contribution is 2.30. The molecule has 3 fully saturated rings. The molecule has 1 aromatic heterocycles. The maximum atomic E-state index is 3.86. The molecule has 2 N–H and O–H groups in total. The predicted octanol–water partition coefficient (Wildman–Crippen LogP) is 4.42. The van der Waals surface area contributed by atoms with Gasteiger partial charge in [0, 0.05) is 87.2 Å². The number of piperidine rings is 1. The van der Waals surface area contributed by atoms with Crippen LogP contribution >= 0.6 is 0 Å². The molecule has 180 valence electrons. The van der Waals surface area contributed by atoms with E-state index in [-0.39, 0.29) is 0 Å². The van der Waals surface area contributed by atoms with Gasteiger partial charge in [-0.1, -0.05) is 30.3 Å². The van der Waals surface area contributed by atoms with E-state index in [4.69, 9.17) is 0 Å². The van der Waals surface area contributed by atoms with Crippen molar-refractivity contribution in [3.8, 4) is 11.3 Å². The summed E-state index contributed by atoms with van der Waals surface area (Å²) in [5.74, 6) is 1.02. The van der Waals surface area contributed by atoms with E-state index in [1.807, 2.05) is 0 Å². The summed E-state index contributed by atoms with van der Waals surface area (Å²) >= 11 is 0. The van der Waals surface area contributed by atoms with Gasteiger partial charge in [-0.15, -0.1) is 0 Å². The molecule has 2 aromatic carbocycles. The average molecular weight is 458 g/mol. The molecule has 3 aliphatic rings. The lowest BCUT2D eigenvalue weighted by Crippen LogP contribution is -2.50. The number of rotatable bonds is 8.